The minimum absolute atomic E-state index is 0.122. The van der Waals surface area contributed by atoms with Crippen molar-refractivity contribution in [2.24, 2.45) is 0 Å². The summed E-state index contributed by atoms with van der Waals surface area (Å²) in [7, 11) is -3.53. The number of benzene rings is 1. The van der Waals surface area contributed by atoms with Gasteiger partial charge in [-0.15, -0.1) is 0 Å². The van der Waals surface area contributed by atoms with Gasteiger partial charge in [0.1, 0.15) is 12.4 Å². The SMILES string of the molecule is O=CN(O)CC#CC(CS(=O)(=O)N1CCN(c2ccc(F)cc2)CC1)N1CCCC1. The van der Waals surface area contributed by atoms with E-state index in [0.29, 0.717) is 31.2 Å². The van der Waals surface area contributed by atoms with Crippen LogP contribution < -0.4 is 4.90 Å². The molecule has 2 fully saturated rings. The fourth-order valence-electron chi connectivity index (χ4n) is 3.75. The maximum atomic E-state index is 13.1. The van der Waals surface area contributed by atoms with Gasteiger partial charge in [-0.3, -0.25) is 14.9 Å². The second-order valence-corrected chi connectivity index (χ2v) is 9.44. The van der Waals surface area contributed by atoms with Crippen molar-refractivity contribution in [3.63, 3.8) is 0 Å². The fraction of sp³-hybridized carbons (Fsp3) is 0.550. The van der Waals surface area contributed by atoms with Gasteiger partial charge in [0.25, 0.3) is 0 Å². The summed E-state index contributed by atoms with van der Waals surface area (Å²) in [6, 6.07) is 5.71. The lowest BCUT2D eigenvalue weighted by molar-refractivity contribution is -0.146. The second-order valence-electron chi connectivity index (χ2n) is 7.42. The first kappa shape index (κ1) is 22.5. The Morgan fingerprint density at radius 3 is 2.33 bits per heavy atom. The Bertz CT molecular complexity index is 870. The average molecular weight is 439 g/mol. The van der Waals surface area contributed by atoms with E-state index < -0.39 is 16.1 Å². The first-order valence-corrected chi connectivity index (χ1v) is 11.6. The Hall–Kier alpha value is -2.19. The van der Waals surface area contributed by atoms with E-state index in [9.17, 15) is 22.8 Å². The van der Waals surface area contributed by atoms with Gasteiger partial charge in [0.2, 0.25) is 16.4 Å². The van der Waals surface area contributed by atoms with Crippen molar-refractivity contribution < 1.29 is 22.8 Å². The number of carbonyl (C=O) groups excluding carboxylic acids is 1. The topological polar surface area (TPSA) is 84.4 Å². The van der Waals surface area contributed by atoms with Crippen molar-refractivity contribution in [1.29, 1.82) is 0 Å². The number of rotatable bonds is 7. The van der Waals surface area contributed by atoms with Crippen LogP contribution in [0, 0.1) is 17.7 Å². The standard InChI is InChI=1S/C20H27FN4O4S/c21-18-5-7-19(8-6-18)23-12-14-25(15-13-23)30(28,29)16-20(22-9-1-2-10-22)4-3-11-24(27)17-26/h5-8,17,20,27H,1-2,9-16H2. The van der Waals surface area contributed by atoms with Crippen LogP contribution in [-0.4, -0.2) is 91.9 Å². The summed E-state index contributed by atoms with van der Waals surface area (Å²) >= 11 is 0. The maximum absolute atomic E-state index is 13.1. The van der Waals surface area contributed by atoms with Crippen LogP contribution in [0.5, 0.6) is 0 Å². The van der Waals surface area contributed by atoms with Gasteiger partial charge in [-0.1, -0.05) is 11.8 Å². The second kappa shape index (κ2) is 10.2. The fourth-order valence-corrected chi connectivity index (χ4v) is 5.38. The molecule has 1 unspecified atom stereocenters. The number of sulfonamides is 1. The van der Waals surface area contributed by atoms with E-state index in [1.54, 1.807) is 12.1 Å². The molecule has 30 heavy (non-hydrogen) atoms. The highest BCUT2D eigenvalue weighted by Crippen LogP contribution is 2.20. The third kappa shape index (κ3) is 5.92. The van der Waals surface area contributed by atoms with E-state index in [1.165, 1.54) is 16.4 Å². The summed E-state index contributed by atoms with van der Waals surface area (Å²) in [6.07, 6.45) is 2.25. The van der Waals surface area contributed by atoms with Crippen molar-refractivity contribution in [3.05, 3.63) is 30.1 Å². The predicted molar refractivity (Wildman–Crippen MR) is 111 cm³/mol. The van der Waals surface area contributed by atoms with Crippen LogP contribution in [0.2, 0.25) is 0 Å². The average Bonchev–Trinajstić information content (AvgIpc) is 3.28. The predicted octanol–water partition coefficient (Wildman–Crippen LogP) is 0.593. The number of hydrogen-bond acceptors (Lipinski definition) is 6. The lowest BCUT2D eigenvalue weighted by atomic mass is 10.2. The van der Waals surface area contributed by atoms with E-state index in [2.05, 4.69) is 11.8 Å². The summed E-state index contributed by atoms with van der Waals surface area (Å²) in [5.74, 6) is 5.21. The van der Waals surface area contributed by atoms with E-state index in [1.807, 2.05) is 9.80 Å². The number of nitrogens with zero attached hydrogens (tertiary/aromatic N) is 4. The molecule has 2 aliphatic rings. The molecule has 0 saturated carbocycles. The molecule has 0 aliphatic carbocycles. The van der Waals surface area contributed by atoms with Crippen LogP contribution in [-0.2, 0) is 14.8 Å². The molecular weight excluding hydrogens is 411 g/mol. The third-order valence-electron chi connectivity index (χ3n) is 5.41. The van der Waals surface area contributed by atoms with E-state index in [4.69, 9.17) is 0 Å². The van der Waals surface area contributed by atoms with Gasteiger partial charge < -0.3 is 4.90 Å². The molecule has 1 N–H and O–H groups in total. The van der Waals surface area contributed by atoms with E-state index in [-0.39, 0.29) is 24.5 Å². The van der Waals surface area contributed by atoms with Gasteiger partial charge in [0.15, 0.2) is 0 Å². The number of hydroxylamine groups is 2. The number of halogens is 1. The molecule has 0 bridgehead atoms. The van der Waals surface area contributed by atoms with Crippen LogP contribution in [0.3, 0.4) is 0 Å². The lowest BCUT2D eigenvalue weighted by Gasteiger charge is -2.36. The van der Waals surface area contributed by atoms with Crippen molar-refractivity contribution in [1.82, 2.24) is 14.3 Å². The first-order chi connectivity index (χ1) is 14.4. The number of carbonyl (C=O) groups is 1. The highest BCUT2D eigenvalue weighted by atomic mass is 32.2. The molecule has 1 aromatic carbocycles. The highest BCUT2D eigenvalue weighted by molar-refractivity contribution is 7.89. The van der Waals surface area contributed by atoms with Crippen molar-refractivity contribution >= 4 is 22.1 Å². The molecule has 8 nitrogen and oxygen atoms in total. The third-order valence-corrected chi connectivity index (χ3v) is 7.29. The Morgan fingerprint density at radius 2 is 1.73 bits per heavy atom. The van der Waals surface area contributed by atoms with E-state index in [0.717, 1.165) is 31.6 Å². The number of piperazine rings is 1. The van der Waals surface area contributed by atoms with Crippen LogP contribution in [0.25, 0.3) is 0 Å². The quantitative estimate of drug-likeness (QED) is 0.290. The molecule has 0 aromatic heterocycles. The maximum Gasteiger partial charge on any atom is 0.234 e. The van der Waals surface area contributed by atoms with Crippen molar-refractivity contribution in [3.8, 4) is 11.8 Å². The summed E-state index contributed by atoms with van der Waals surface area (Å²) in [5.41, 5.74) is 0.873. The van der Waals surface area contributed by atoms with Gasteiger partial charge in [0, 0.05) is 31.9 Å². The smallest absolute Gasteiger partial charge is 0.234 e. The molecule has 0 radical (unpaired) electrons. The molecule has 2 aliphatic heterocycles. The number of likely N-dealkylation sites (tertiary alicyclic amines) is 1. The molecular formula is C20H27FN4O4S. The van der Waals surface area contributed by atoms with E-state index >= 15 is 0 Å². The Morgan fingerprint density at radius 1 is 1.10 bits per heavy atom. The summed E-state index contributed by atoms with van der Waals surface area (Å²) in [4.78, 5) is 14.6. The number of amides is 1. The van der Waals surface area contributed by atoms with Crippen LogP contribution in [0.4, 0.5) is 10.1 Å². The molecule has 3 rings (SSSR count). The van der Waals surface area contributed by atoms with Gasteiger partial charge in [-0.25, -0.2) is 17.9 Å². The molecule has 2 heterocycles. The zero-order chi connectivity index (χ0) is 21.6. The minimum atomic E-state index is -3.53. The normalized spacial score (nSPS) is 19.2. The van der Waals surface area contributed by atoms with Crippen molar-refractivity contribution in [2.75, 3.05) is 56.5 Å². The van der Waals surface area contributed by atoms with Gasteiger partial charge >= 0.3 is 0 Å². The lowest BCUT2D eigenvalue weighted by Crippen LogP contribution is -2.51. The molecule has 1 atom stereocenters. The molecule has 0 spiro atoms. The molecule has 2 saturated heterocycles. The summed E-state index contributed by atoms with van der Waals surface area (Å²) in [5, 5.41) is 9.63. The minimum Gasteiger partial charge on any atom is -0.369 e. The largest absolute Gasteiger partial charge is 0.369 e. The van der Waals surface area contributed by atoms with Crippen LogP contribution in [0.15, 0.2) is 24.3 Å². The first-order valence-electron chi connectivity index (χ1n) is 10.0. The highest BCUT2D eigenvalue weighted by Gasteiger charge is 2.32. The monoisotopic (exact) mass is 438 g/mol. The van der Waals surface area contributed by atoms with Gasteiger partial charge in [-0.05, 0) is 50.2 Å². The van der Waals surface area contributed by atoms with Gasteiger partial charge in [-0.2, -0.15) is 4.31 Å². The summed E-state index contributed by atoms with van der Waals surface area (Å²) < 4.78 is 40.7. The Balaban J connectivity index is 1.62. The zero-order valence-electron chi connectivity index (χ0n) is 16.8. The van der Waals surface area contributed by atoms with Crippen molar-refractivity contribution in [2.45, 2.75) is 18.9 Å². The molecule has 10 heteroatoms. The molecule has 1 amide bonds. The van der Waals surface area contributed by atoms with Gasteiger partial charge in [0.05, 0.1) is 11.8 Å². The van der Waals surface area contributed by atoms with Crippen LogP contribution >= 0.6 is 0 Å². The Kier molecular flexibility index (Phi) is 7.66. The number of hydrogen-bond donors (Lipinski definition) is 1. The molecule has 1 aromatic rings. The molecule has 164 valence electrons. The number of anilines is 1. The van der Waals surface area contributed by atoms with Crippen LogP contribution in [0.1, 0.15) is 12.8 Å². The zero-order valence-corrected chi connectivity index (χ0v) is 17.6. The summed E-state index contributed by atoms with van der Waals surface area (Å²) in [6.45, 7) is 3.18. The Labute approximate surface area is 176 Å².